The second-order valence-electron chi connectivity index (χ2n) is 6.84. The molecule has 0 saturated carbocycles. The van der Waals surface area contributed by atoms with Crippen molar-refractivity contribution in [1.29, 1.82) is 0 Å². The van der Waals surface area contributed by atoms with Crippen LogP contribution in [0.25, 0.3) is 0 Å². The van der Waals surface area contributed by atoms with Crippen molar-refractivity contribution in [3.05, 3.63) is 0 Å². The highest BCUT2D eigenvalue weighted by atomic mass is 32.2. The Morgan fingerprint density at radius 2 is 1.64 bits per heavy atom. The summed E-state index contributed by atoms with van der Waals surface area (Å²) in [6.07, 6.45) is 7.01. The van der Waals surface area contributed by atoms with Gasteiger partial charge >= 0.3 is 5.97 Å². The van der Waals surface area contributed by atoms with Crippen molar-refractivity contribution >= 4 is 21.9 Å². The molecule has 0 radical (unpaired) electrons. The maximum Gasteiger partial charge on any atom is 0.324 e. The fourth-order valence-electron chi connectivity index (χ4n) is 3.50. The first-order valence-corrected chi connectivity index (χ1v) is 11.0. The second-order valence-corrected chi connectivity index (χ2v) is 8.88. The fraction of sp³-hybridized carbons (Fsp3) is 0.882. The van der Waals surface area contributed by atoms with E-state index in [2.05, 4.69) is 0 Å². The Bertz CT molecular complexity index is 555. The van der Waals surface area contributed by atoms with Crippen molar-refractivity contribution in [3.63, 3.8) is 0 Å². The molecule has 2 heterocycles. The van der Waals surface area contributed by atoms with Gasteiger partial charge in [-0.15, -0.1) is 0 Å². The van der Waals surface area contributed by atoms with Crippen LogP contribution in [0, 0.1) is 0 Å². The topological polar surface area (TPSA) is 84.0 Å². The van der Waals surface area contributed by atoms with E-state index in [0.717, 1.165) is 25.7 Å². The Morgan fingerprint density at radius 1 is 1.00 bits per heavy atom. The average molecular weight is 375 g/mol. The summed E-state index contributed by atoms with van der Waals surface area (Å²) in [5.74, 6) is -0.752. The number of nitrogens with zero attached hydrogens (tertiary/aromatic N) is 2. The quantitative estimate of drug-likeness (QED) is 0.658. The largest absolute Gasteiger partial charge is 0.454 e. The summed E-state index contributed by atoms with van der Waals surface area (Å²) in [5, 5.41) is 0. The van der Waals surface area contributed by atoms with Gasteiger partial charge in [-0.1, -0.05) is 26.2 Å². The summed E-state index contributed by atoms with van der Waals surface area (Å²) in [7, 11) is -3.44. The number of hydrogen-bond donors (Lipinski definition) is 0. The normalized spacial score (nSPS) is 23.1. The molecule has 0 spiro atoms. The van der Waals surface area contributed by atoms with Crippen LogP contribution >= 0.6 is 0 Å². The van der Waals surface area contributed by atoms with E-state index < -0.39 is 22.0 Å². The third-order valence-corrected chi connectivity index (χ3v) is 6.92. The van der Waals surface area contributed by atoms with Crippen LogP contribution in [-0.4, -0.2) is 67.5 Å². The molecule has 0 aromatic rings. The minimum Gasteiger partial charge on any atom is -0.454 e. The third kappa shape index (κ3) is 5.67. The lowest BCUT2D eigenvalue weighted by molar-refractivity contribution is -0.154. The molecule has 2 aliphatic heterocycles. The first kappa shape index (κ1) is 20.2. The molecule has 0 aliphatic carbocycles. The van der Waals surface area contributed by atoms with Crippen LogP contribution in [0.3, 0.4) is 0 Å². The maximum absolute atomic E-state index is 12.3. The fourth-order valence-corrected chi connectivity index (χ4v) is 5.24. The van der Waals surface area contributed by atoms with Gasteiger partial charge in [0.2, 0.25) is 10.0 Å². The molecule has 2 fully saturated rings. The van der Waals surface area contributed by atoms with Gasteiger partial charge in [0.15, 0.2) is 6.61 Å². The zero-order valence-corrected chi connectivity index (χ0v) is 15.9. The van der Waals surface area contributed by atoms with Crippen molar-refractivity contribution in [2.75, 3.05) is 32.0 Å². The van der Waals surface area contributed by atoms with Crippen molar-refractivity contribution in [2.24, 2.45) is 0 Å². The van der Waals surface area contributed by atoms with E-state index in [-0.39, 0.29) is 18.3 Å². The number of carbonyl (C=O) groups excluding carboxylic acids is 2. The molecule has 25 heavy (non-hydrogen) atoms. The minimum absolute atomic E-state index is 0.0312. The minimum atomic E-state index is -3.44. The zero-order valence-electron chi connectivity index (χ0n) is 15.1. The second kappa shape index (κ2) is 9.52. The van der Waals surface area contributed by atoms with Crippen LogP contribution in [0.15, 0.2) is 0 Å². The third-order valence-electron chi connectivity index (χ3n) is 4.84. The average Bonchev–Trinajstić information content (AvgIpc) is 3.02. The number of ether oxygens (including phenoxy) is 1. The van der Waals surface area contributed by atoms with Gasteiger partial charge in [0.1, 0.15) is 6.04 Å². The van der Waals surface area contributed by atoms with Gasteiger partial charge in [0, 0.05) is 19.6 Å². The lowest BCUT2D eigenvalue weighted by Crippen LogP contribution is -2.44. The smallest absolute Gasteiger partial charge is 0.324 e. The molecule has 0 bridgehead atoms. The standard InChI is InChI=1S/C17H30N2O5S/c1-2-13-25(22,23)19-12-8-9-15(19)17(21)24-14-16(20)18-10-6-4-3-5-7-11-18/h15H,2-14H2,1H3. The Morgan fingerprint density at radius 3 is 2.28 bits per heavy atom. The highest BCUT2D eigenvalue weighted by Gasteiger charge is 2.39. The molecule has 1 atom stereocenters. The first-order valence-electron chi connectivity index (χ1n) is 9.39. The summed E-state index contributed by atoms with van der Waals surface area (Å²) in [6.45, 7) is 3.26. The van der Waals surface area contributed by atoms with E-state index in [1.54, 1.807) is 11.8 Å². The van der Waals surface area contributed by atoms with Gasteiger partial charge in [-0.2, -0.15) is 4.31 Å². The highest BCUT2D eigenvalue weighted by molar-refractivity contribution is 7.89. The van der Waals surface area contributed by atoms with E-state index in [4.69, 9.17) is 4.74 Å². The van der Waals surface area contributed by atoms with E-state index in [1.807, 2.05) is 0 Å². The highest BCUT2D eigenvalue weighted by Crippen LogP contribution is 2.23. The van der Waals surface area contributed by atoms with Crippen molar-refractivity contribution in [3.8, 4) is 0 Å². The summed E-state index contributed by atoms with van der Waals surface area (Å²) >= 11 is 0. The van der Waals surface area contributed by atoms with Gasteiger partial charge in [-0.05, 0) is 32.1 Å². The SMILES string of the molecule is CCCS(=O)(=O)N1CCCC1C(=O)OCC(=O)N1CCCCCCC1. The van der Waals surface area contributed by atoms with E-state index in [0.29, 0.717) is 38.9 Å². The van der Waals surface area contributed by atoms with Crippen LogP contribution in [0.5, 0.6) is 0 Å². The number of likely N-dealkylation sites (tertiary alicyclic amines) is 1. The predicted molar refractivity (Wildman–Crippen MR) is 94.4 cm³/mol. The Balaban J connectivity index is 1.87. The van der Waals surface area contributed by atoms with Gasteiger partial charge in [0.25, 0.3) is 5.91 Å². The van der Waals surface area contributed by atoms with E-state index in [9.17, 15) is 18.0 Å². The summed E-state index contributed by atoms with van der Waals surface area (Å²) in [5.41, 5.74) is 0. The molecular formula is C17H30N2O5S. The molecule has 2 aliphatic rings. The van der Waals surface area contributed by atoms with E-state index >= 15 is 0 Å². The van der Waals surface area contributed by atoms with Crippen molar-refractivity contribution < 1.29 is 22.7 Å². The summed E-state index contributed by atoms with van der Waals surface area (Å²) in [4.78, 5) is 26.4. The Kier molecular flexibility index (Phi) is 7.68. The van der Waals surface area contributed by atoms with Gasteiger partial charge < -0.3 is 9.64 Å². The van der Waals surface area contributed by atoms with Gasteiger partial charge in [-0.3, -0.25) is 9.59 Å². The van der Waals surface area contributed by atoms with Gasteiger partial charge in [0.05, 0.1) is 5.75 Å². The van der Waals surface area contributed by atoms with Crippen molar-refractivity contribution in [2.45, 2.75) is 64.3 Å². The number of carbonyl (C=O) groups is 2. The molecular weight excluding hydrogens is 344 g/mol. The lowest BCUT2D eigenvalue weighted by Gasteiger charge is -2.26. The Labute approximate surface area is 150 Å². The predicted octanol–water partition coefficient (Wildman–Crippen LogP) is 1.53. The molecule has 2 saturated heterocycles. The zero-order chi connectivity index (χ0) is 18.3. The molecule has 7 nitrogen and oxygen atoms in total. The Hall–Kier alpha value is -1.15. The first-order chi connectivity index (χ1) is 12.0. The molecule has 0 aromatic heterocycles. The number of hydrogen-bond acceptors (Lipinski definition) is 5. The van der Waals surface area contributed by atoms with Crippen LogP contribution in [-0.2, 0) is 24.3 Å². The van der Waals surface area contributed by atoms with Gasteiger partial charge in [-0.25, -0.2) is 8.42 Å². The van der Waals surface area contributed by atoms with Crippen LogP contribution < -0.4 is 0 Å². The number of rotatable bonds is 6. The molecule has 0 aromatic carbocycles. The summed E-state index contributed by atoms with van der Waals surface area (Å²) in [6, 6.07) is -0.781. The van der Waals surface area contributed by atoms with Crippen LogP contribution in [0.4, 0.5) is 0 Å². The number of sulfonamides is 1. The monoisotopic (exact) mass is 374 g/mol. The van der Waals surface area contributed by atoms with Crippen LogP contribution in [0.1, 0.15) is 58.3 Å². The molecule has 2 rings (SSSR count). The lowest BCUT2D eigenvalue weighted by atomic mass is 10.1. The number of esters is 1. The molecule has 144 valence electrons. The van der Waals surface area contributed by atoms with Crippen molar-refractivity contribution in [1.82, 2.24) is 9.21 Å². The molecule has 1 unspecified atom stereocenters. The summed E-state index contributed by atoms with van der Waals surface area (Å²) < 4.78 is 30.9. The molecule has 1 amide bonds. The van der Waals surface area contributed by atoms with E-state index in [1.165, 1.54) is 10.7 Å². The maximum atomic E-state index is 12.3. The van der Waals surface area contributed by atoms with Crippen LogP contribution in [0.2, 0.25) is 0 Å². The molecule has 8 heteroatoms. The number of amides is 1. The molecule has 0 N–H and O–H groups in total.